The molecule has 0 bridgehead atoms. The summed E-state index contributed by atoms with van der Waals surface area (Å²) in [5.41, 5.74) is 1.19. The molecular weight excluding hydrogens is 236 g/mol. The van der Waals surface area contributed by atoms with Crippen molar-refractivity contribution < 1.29 is 9.53 Å². The number of hydrogen-bond donors (Lipinski definition) is 1. The smallest absolute Gasteiger partial charge is 0.239 e. The summed E-state index contributed by atoms with van der Waals surface area (Å²) in [6, 6.07) is 1.96. The maximum absolute atomic E-state index is 12.1. The van der Waals surface area contributed by atoms with E-state index in [-0.39, 0.29) is 18.1 Å². The molecule has 0 saturated carbocycles. The van der Waals surface area contributed by atoms with Crippen LogP contribution in [0, 0.1) is 0 Å². The van der Waals surface area contributed by atoms with Gasteiger partial charge in [0.15, 0.2) is 0 Å². The van der Waals surface area contributed by atoms with Crippen molar-refractivity contribution in [3.8, 4) is 0 Å². The van der Waals surface area contributed by atoms with Gasteiger partial charge in [-0.3, -0.25) is 4.79 Å². The van der Waals surface area contributed by atoms with Gasteiger partial charge in [0, 0.05) is 27.2 Å². The summed E-state index contributed by atoms with van der Waals surface area (Å²) < 4.78 is 5.25. The molecule has 17 heavy (non-hydrogen) atoms. The number of nitrogens with zero attached hydrogens (tertiary/aromatic N) is 1. The number of carbonyl (C=O) groups is 1. The second-order valence-corrected chi connectivity index (χ2v) is 5.16. The van der Waals surface area contributed by atoms with E-state index in [9.17, 15) is 4.79 Å². The van der Waals surface area contributed by atoms with E-state index < -0.39 is 0 Å². The Morgan fingerprint density at radius 3 is 3.12 bits per heavy atom. The molecule has 1 aromatic heterocycles. The highest BCUT2D eigenvalue weighted by Crippen LogP contribution is 2.14. The average Bonchev–Trinajstić information content (AvgIpc) is 2.98. The topological polar surface area (TPSA) is 41.6 Å². The second-order valence-electron chi connectivity index (χ2n) is 4.38. The van der Waals surface area contributed by atoms with Crippen LogP contribution in [0.5, 0.6) is 0 Å². The number of methoxy groups -OCH3 is 1. The molecule has 1 amide bonds. The minimum atomic E-state index is -0.0939. The van der Waals surface area contributed by atoms with Gasteiger partial charge in [-0.2, -0.15) is 11.3 Å². The van der Waals surface area contributed by atoms with Crippen LogP contribution in [0.4, 0.5) is 0 Å². The van der Waals surface area contributed by atoms with Crippen molar-refractivity contribution >= 4 is 17.2 Å². The quantitative estimate of drug-likeness (QED) is 0.874. The first kappa shape index (κ1) is 12.5. The molecule has 1 aromatic rings. The second kappa shape index (κ2) is 5.62. The zero-order chi connectivity index (χ0) is 12.3. The fraction of sp³-hybridized carbons (Fsp3) is 0.583. The fourth-order valence-electron chi connectivity index (χ4n) is 2.07. The molecule has 1 aliphatic heterocycles. The van der Waals surface area contributed by atoms with Crippen molar-refractivity contribution in [1.82, 2.24) is 10.2 Å². The van der Waals surface area contributed by atoms with Gasteiger partial charge in [-0.1, -0.05) is 0 Å². The van der Waals surface area contributed by atoms with E-state index in [2.05, 4.69) is 16.8 Å². The van der Waals surface area contributed by atoms with Gasteiger partial charge in [-0.15, -0.1) is 0 Å². The lowest BCUT2D eigenvalue weighted by molar-refractivity contribution is -0.132. The van der Waals surface area contributed by atoms with Crippen molar-refractivity contribution in [2.45, 2.75) is 25.1 Å². The molecule has 5 heteroatoms. The molecule has 0 spiro atoms. The Bertz CT molecular complexity index is 367. The van der Waals surface area contributed by atoms with Gasteiger partial charge in [0.05, 0.1) is 12.1 Å². The van der Waals surface area contributed by atoms with Crippen LogP contribution >= 0.6 is 11.3 Å². The van der Waals surface area contributed by atoms with Crippen molar-refractivity contribution in [2.24, 2.45) is 0 Å². The Morgan fingerprint density at radius 2 is 2.53 bits per heavy atom. The van der Waals surface area contributed by atoms with E-state index >= 15 is 0 Å². The predicted molar refractivity (Wildman–Crippen MR) is 68.0 cm³/mol. The summed E-state index contributed by atoms with van der Waals surface area (Å²) in [5.74, 6) is 0.149. The third-order valence-corrected chi connectivity index (χ3v) is 3.83. The molecule has 2 heterocycles. The first-order valence-electron chi connectivity index (χ1n) is 5.73. The van der Waals surface area contributed by atoms with E-state index in [0.29, 0.717) is 6.54 Å². The van der Waals surface area contributed by atoms with Crippen LogP contribution in [0.25, 0.3) is 0 Å². The maximum atomic E-state index is 12.1. The Labute approximate surface area is 106 Å². The van der Waals surface area contributed by atoms with Gasteiger partial charge < -0.3 is 15.0 Å². The summed E-state index contributed by atoms with van der Waals surface area (Å²) in [4.78, 5) is 13.9. The fourth-order valence-corrected chi connectivity index (χ4v) is 2.73. The minimum Gasteiger partial charge on any atom is -0.380 e. The summed E-state index contributed by atoms with van der Waals surface area (Å²) >= 11 is 1.66. The van der Waals surface area contributed by atoms with Gasteiger partial charge in [0.25, 0.3) is 0 Å². The Kier molecular flexibility index (Phi) is 4.15. The minimum absolute atomic E-state index is 0.0939. The molecule has 0 aliphatic carbocycles. The van der Waals surface area contributed by atoms with E-state index in [1.807, 2.05) is 12.4 Å². The van der Waals surface area contributed by atoms with Crippen molar-refractivity contribution in [3.63, 3.8) is 0 Å². The molecule has 94 valence electrons. The number of likely N-dealkylation sites (N-methyl/N-ethyl adjacent to an activating group) is 1. The molecule has 0 aromatic carbocycles. The molecule has 2 rings (SSSR count). The normalized spacial score (nSPS) is 23.9. The van der Waals surface area contributed by atoms with E-state index in [1.165, 1.54) is 5.56 Å². The highest BCUT2D eigenvalue weighted by molar-refractivity contribution is 7.07. The van der Waals surface area contributed by atoms with Gasteiger partial charge >= 0.3 is 0 Å². The van der Waals surface area contributed by atoms with Crippen molar-refractivity contribution in [3.05, 3.63) is 22.4 Å². The number of amides is 1. The van der Waals surface area contributed by atoms with Gasteiger partial charge in [0.2, 0.25) is 5.91 Å². The van der Waals surface area contributed by atoms with Crippen LogP contribution in [-0.2, 0) is 16.1 Å². The largest absolute Gasteiger partial charge is 0.380 e. The molecule has 1 N–H and O–H groups in total. The molecule has 4 nitrogen and oxygen atoms in total. The number of hydrogen-bond acceptors (Lipinski definition) is 4. The predicted octanol–water partition coefficient (Wildman–Crippen LogP) is 1.08. The standard InChI is InChI=1S/C12H18N2O2S/c1-14(7-9-3-4-17-8-9)12(15)11-5-10(16-2)6-13-11/h3-4,8,10-11,13H,5-7H2,1-2H3. The highest BCUT2D eigenvalue weighted by Gasteiger charge is 2.31. The molecule has 1 fully saturated rings. The molecule has 0 radical (unpaired) electrons. The third-order valence-electron chi connectivity index (χ3n) is 3.10. The monoisotopic (exact) mass is 254 g/mol. The Balaban J connectivity index is 1.87. The lowest BCUT2D eigenvalue weighted by Gasteiger charge is -2.20. The summed E-state index contributed by atoms with van der Waals surface area (Å²) in [7, 11) is 3.54. The van der Waals surface area contributed by atoms with Crippen LogP contribution in [0.2, 0.25) is 0 Å². The van der Waals surface area contributed by atoms with Crippen LogP contribution < -0.4 is 5.32 Å². The lowest BCUT2D eigenvalue weighted by atomic mass is 10.1. The van der Waals surface area contributed by atoms with E-state index in [0.717, 1.165) is 13.0 Å². The Hall–Kier alpha value is -0.910. The molecular formula is C12H18N2O2S. The van der Waals surface area contributed by atoms with E-state index in [1.54, 1.807) is 23.3 Å². The van der Waals surface area contributed by atoms with Gasteiger partial charge in [0.1, 0.15) is 0 Å². The molecule has 1 aliphatic rings. The third kappa shape index (κ3) is 3.06. The number of ether oxygens (including phenoxy) is 1. The Morgan fingerprint density at radius 1 is 1.71 bits per heavy atom. The zero-order valence-electron chi connectivity index (χ0n) is 10.2. The molecule has 2 atom stereocenters. The van der Waals surface area contributed by atoms with Crippen molar-refractivity contribution in [1.29, 1.82) is 0 Å². The first-order valence-corrected chi connectivity index (χ1v) is 6.67. The molecule has 1 saturated heterocycles. The van der Waals surface area contributed by atoms with E-state index in [4.69, 9.17) is 4.74 Å². The highest BCUT2D eigenvalue weighted by atomic mass is 32.1. The zero-order valence-corrected chi connectivity index (χ0v) is 11.0. The van der Waals surface area contributed by atoms with Crippen LogP contribution in [0.3, 0.4) is 0 Å². The SMILES string of the molecule is COC1CNC(C(=O)N(C)Cc2ccsc2)C1. The van der Waals surface area contributed by atoms with Crippen LogP contribution in [0.1, 0.15) is 12.0 Å². The summed E-state index contributed by atoms with van der Waals surface area (Å²) in [5, 5.41) is 7.31. The number of thiophene rings is 1. The number of rotatable bonds is 4. The molecule has 2 unspecified atom stereocenters. The van der Waals surface area contributed by atoms with Crippen LogP contribution in [0.15, 0.2) is 16.8 Å². The first-order chi connectivity index (χ1) is 8.20. The number of carbonyl (C=O) groups excluding carboxylic acids is 1. The number of nitrogens with one attached hydrogen (secondary N) is 1. The average molecular weight is 254 g/mol. The van der Waals surface area contributed by atoms with Crippen LogP contribution in [-0.4, -0.2) is 43.7 Å². The lowest BCUT2D eigenvalue weighted by Crippen LogP contribution is -2.41. The summed E-state index contributed by atoms with van der Waals surface area (Å²) in [6.45, 7) is 1.44. The van der Waals surface area contributed by atoms with Gasteiger partial charge in [-0.05, 0) is 28.8 Å². The maximum Gasteiger partial charge on any atom is 0.239 e. The van der Waals surface area contributed by atoms with Crippen molar-refractivity contribution in [2.75, 3.05) is 20.7 Å². The van der Waals surface area contributed by atoms with Gasteiger partial charge in [-0.25, -0.2) is 0 Å². The summed E-state index contributed by atoms with van der Waals surface area (Å²) in [6.07, 6.45) is 0.932.